The maximum atomic E-state index is 12.7. The van der Waals surface area contributed by atoms with Gasteiger partial charge in [0.2, 0.25) is 5.91 Å². The highest BCUT2D eigenvalue weighted by molar-refractivity contribution is 6.31. The molecule has 0 aliphatic heterocycles. The molecular formula is C15H16ClF3N2O. The molecule has 0 fully saturated rings. The standard InChI is InChI=1S/C15H16ClF3N2O/c1-3-7-21(8-4-2)14(22)10-20-11-5-6-13(16)12(9-11)15(17,18)19/h3-6,9,20H,1-2,7-8,10H2. The minimum atomic E-state index is -4.55. The molecule has 0 saturated carbocycles. The molecule has 7 heteroatoms. The number of carbonyl (C=O) groups excluding carboxylic acids is 1. The lowest BCUT2D eigenvalue weighted by Gasteiger charge is -2.20. The summed E-state index contributed by atoms with van der Waals surface area (Å²) in [5.74, 6) is -0.275. The van der Waals surface area contributed by atoms with Gasteiger partial charge in [0.1, 0.15) is 0 Å². The van der Waals surface area contributed by atoms with Crippen LogP contribution < -0.4 is 5.32 Å². The van der Waals surface area contributed by atoms with Crippen LogP contribution in [-0.2, 0) is 11.0 Å². The first kappa shape index (κ1) is 18.1. The first-order chi connectivity index (χ1) is 10.3. The molecule has 0 spiro atoms. The molecule has 0 aromatic heterocycles. The molecule has 1 aromatic rings. The predicted octanol–water partition coefficient (Wildman–Crippen LogP) is 3.97. The van der Waals surface area contributed by atoms with E-state index in [1.54, 1.807) is 12.2 Å². The fourth-order valence-electron chi connectivity index (χ4n) is 1.73. The van der Waals surface area contributed by atoms with Crippen LogP contribution in [0.15, 0.2) is 43.5 Å². The van der Waals surface area contributed by atoms with E-state index in [1.807, 2.05) is 0 Å². The molecule has 0 bridgehead atoms. The van der Waals surface area contributed by atoms with Crippen molar-refractivity contribution in [2.24, 2.45) is 0 Å². The number of hydrogen-bond donors (Lipinski definition) is 1. The Morgan fingerprint density at radius 3 is 2.36 bits per heavy atom. The number of amides is 1. The second-order valence-electron chi connectivity index (χ2n) is 4.42. The lowest BCUT2D eigenvalue weighted by molar-refractivity contribution is -0.137. The predicted molar refractivity (Wildman–Crippen MR) is 81.9 cm³/mol. The van der Waals surface area contributed by atoms with Gasteiger partial charge in [-0.25, -0.2) is 0 Å². The average molecular weight is 333 g/mol. The van der Waals surface area contributed by atoms with E-state index in [0.717, 1.165) is 12.1 Å². The number of nitrogens with one attached hydrogen (secondary N) is 1. The number of halogens is 4. The van der Waals surface area contributed by atoms with Gasteiger partial charge in [0, 0.05) is 18.8 Å². The topological polar surface area (TPSA) is 32.3 Å². The minimum Gasteiger partial charge on any atom is -0.376 e. The Morgan fingerprint density at radius 2 is 1.86 bits per heavy atom. The third-order valence-electron chi connectivity index (χ3n) is 2.77. The van der Waals surface area contributed by atoms with Gasteiger partial charge < -0.3 is 10.2 Å². The van der Waals surface area contributed by atoms with Crippen LogP contribution in [0.1, 0.15) is 5.56 Å². The van der Waals surface area contributed by atoms with Crippen LogP contribution >= 0.6 is 11.6 Å². The van der Waals surface area contributed by atoms with E-state index < -0.39 is 11.7 Å². The molecule has 22 heavy (non-hydrogen) atoms. The SMILES string of the molecule is C=CCN(CC=C)C(=O)CNc1ccc(Cl)c(C(F)(F)F)c1. The fourth-order valence-corrected chi connectivity index (χ4v) is 1.96. The van der Waals surface area contributed by atoms with Gasteiger partial charge in [-0.1, -0.05) is 23.8 Å². The lowest BCUT2D eigenvalue weighted by Crippen LogP contribution is -2.35. The van der Waals surface area contributed by atoms with Crippen molar-refractivity contribution in [3.63, 3.8) is 0 Å². The zero-order valence-corrected chi connectivity index (χ0v) is 12.5. The Hall–Kier alpha value is -1.95. The first-order valence-corrected chi connectivity index (χ1v) is 6.77. The number of carbonyl (C=O) groups is 1. The van der Waals surface area contributed by atoms with Crippen molar-refractivity contribution in [1.82, 2.24) is 4.90 Å². The molecule has 0 saturated heterocycles. The Kier molecular flexibility index (Phi) is 6.49. The van der Waals surface area contributed by atoms with Crippen molar-refractivity contribution in [1.29, 1.82) is 0 Å². The van der Waals surface area contributed by atoms with E-state index >= 15 is 0 Å². The zero-order valence-electron chi connectivity index (χ0n) is 11.8. The second kappa shape index (κ2) is 7.89. The van der Waals surface area contributed by atoms with Gasteiger partial charge in [-0.05, 0) is 18.2 Å². The maximum Gasteiger partial charge on any atom is 0.417 e. The maximum absolute atomic E-state index is 12.7. The van der Waals surface area contributed by atoms with E-state index in [0.29, 0.717) is 13.1 Å². The molecule has 1 N–H and O–H groups in total. The molecule has 0 aliphatic carbocycles. The van der Waals surface area contributed by atoms with Crippen LogP contribution in [0.4, 0.5) is 18.9 Å². The van der Waals surface area contributed by atoms with Crippen LogP contribution in [0.5, 0.6) is 0 Å². The van der Waals surface area contributed by atoms with E-state index in [4.69, 9.17) is 11.6 Å². The molecule has 0 heterocycles. The van der Waals surface area contributed by atoms with Gasteiger partial charge in [-0.3, -0.25) is 4.79 Å². The summed E-state index contributed by atoms with van der Waals surface area (Å²) in [4.78, 5) is 13.4. The average Bonchev–Trinajstić information content (AvgIpc) is 2.44. The summed E-state index contributed by atoms with van der Waals surface area (Å²) in [6.07, 6.45) is -1.42. The van der Waals surface area contributed by atoms with Gasteiger partial charge in [-0.2, -0.15) is 13.2 Å². The van der Waals surface area contributed by atoms with Gasteiger partial charge in [0.25, 0.3) is 0 Å². The number of alkyl halides is 3. The molecule has 1 aromatic carbocycles. The Balaban J connectivity index is 2.77. The normalized spacial score (nSPS) is 10.9. The number of hydrogen-bond acceptors (Lipinski definition) is 2. The summed E-state index contributed by atoms with van der Waals surface area (Å²) in [6, 6.07) is 3.40. The van der Waals surface area contributed by atoms with Crippen molar-refractivity contribution in [3.05, 3.63) is 54.1 Å². The van der Waals surface area contributed by atoms with Crippen molar-refractivity contribution >= 4 is 23.2 Å². The number of nitrogens with zero attached hydrogens (tertiary/aromatic N) is 1. The molecule has 1 amide bonds. The summed E-state index contributed by atoms with van der Waals surface area (Å²) in [5, 5.41) is 2.28. The largest absolute Gasteiger partial charge is 0.417 e. The highest BCUT2D eigenvalue weighted by Gasteiger charge is 2.33. The summed E-state index contributed by atoms with van der Waals surface area (Å²) in [6.45, 7) is 7.62. The van der Waals surface area contributed by atoms with Gasteiger partial charge in [-0.15, -0.1) is 13.2 Å². The van der Waals surface area contributed by atoms with Crippen LogP contribution in [-0.4, -0.2) is 30.4 Å². The third-order valence-corrected chi connectivity index (χ3v) is 3.10. The van der Waals surface area contributed by atoms with E-state index in [9.17, 15) is 18.0 Å². The minimum absolute atomic E-state index is 0.138. The van der Waals surface area contributed by atoms with E-state index in [-0.39, 0.29) is 23.2 Å². The lowest BCUT2D eigenvalue weighted by atomic mass is 10.2. The van der Waals surface area contributed by atoms with Crippen LogP contribution in [0.2, 0.25) is 5.02 Å². The molecule has 120 valence electrons. The Bertz CT molecular complexity index is 548. The van der Waals surface area contributed by atoms with E-state index in [2.05, 4.69) is 18.5 Å². The molecular weight excluding hydrogens is 317 g/mol. The van der Waals surface area contributed by atoms with Gasteiger partial charge >= 0.3 is 6.18 Å². The molecule has 0 atom stereocenters. The Labute approximate surface area is 132 Å². The summed E-state index contributed by atoms with van der Waals surface area (Å²) in [7, 11) is 0. The molecule has 0 unspecified atom stereocenters. The van der Waals surface area contributed by atoms with Crippen LogP contribution in [0.3, 0.4) is 0 Å². The summed E-state index contributed by atoms with van der Waals surface area (Å²) in [5.41, 5.74) is -0.775. The second-order valence-corrected chi connectivity index (χ2v) is 4.83. The number of anilines is 1. The van der Waals surface area contributed by atoms with Crippen molar-refractivity contribution in [2.45, 2.75) is 6.18 Å². The van der Waals surface area contributed by atoms with Crippen molar-refractivity contribution in [3.8, 4) is 0 Å². The molecule has 0 radical (unpaired) electrons. The van der Waals surface area contributed by atoms with Gasteiger partial charge in [0.15, 0.2) is 0 Å². The smallest absolute Gasteiger partial charge is 0.376 e. The van der Waals surface area contributed by atoms with Crippen molar-refractivity contribution in [2.75, 3.05) is 25.0 Å². The zero-order chi connectivity index (χ0) is 16.8. The number of benzene rings is 1. The molecule has 1 rings (SSSR count). The fraction of sp³-hybridized carbons (Fsp3) is 0.267. The summed E-state index contributed by atoms with van der Waals surface area (Å²) < 4.78 is 38.2. The Morgan fingerprint density at radius 1 is 1.27 bits per heavy atom. The quantitative estimate of drug-likeness (QED) is 0.766. The first-order valence-electron chi connectivity index (χ1n) is 6.39. The monoisotopic (exact) mass is 332 g/mol. The molecule has 3 nitrogen and oxygen atoms in total. The summed E-state index contributed by atoms with van der Waals surface area (Å²) >= 11 is 5.53. The van der Waals surface area contributed by atoms with Crippen molar-refractivity contribution < 1.29 is 18.0 Å². The van der Waals surface area contributed by atoms with Crippen LogP contribution in [0, 0.1) is 0 Å². The number of rotatable bonds is 7. The van der Waals surface area contributed by atoms with Gasteiger partial charge in [0.05, 0.1) is 17.1 Å². The highest BCUT2D eigenvalue weighted by Crippen LogP contribution is 2.36. The third kappa shape index (κ3) is 5.11. The van der Waals surface area contributed by atoms with E-state index in [1.165, 1.54) is 11.0 Å². The van der Waals surface area contributed by atoms with Crippen LogP contribution in [0.25, 0.3) is 0 Å². The molecule has 0 aliphatic rings. The highest BCUT2D eigenvalue weighted by atomic mass is 35.5.